The fourth-order valence-corrected chi connectivity index (χ4v) is 3.00. The first kappa shape index (κ1) is 14.1. The van der Waals surface area contributed by atoms with Gasteiger partial charge in [0.2, 0.25) is 5.76 Å². The standard InChI is InChI=1S/C17H21NO3/c1-2-18(10-12-6-5-7-12)11-14-13-8-3-4-9-15(13)21-16(14)17(19)20/h3-4,8-9,12H,2,5-7,10-11H2,1H3,(H,19,20). The summed E-state index contributed by atoms with van der Waals surface area (Å²) in [5.74, 6) is -0.124. The van der Waals surface area contributed by atoms with E-state index in [2.05, 4.69) is 11.8 Å². The third-order valence-corrected chi connectivity index (χ3v) is 4.46. The predicted molar refractivity (Wildman–Crippen MR) is 81.5 cm³/mol. The Hall–Kier alpha value is -1.81. The number of aromatic carboxylic acids is 1. The first-order valence-electron chi connectivity index (χ1n) is 7.65. The molecule has 2 aromatic rings. The van der Waals surface area contributed by atoms with Crippen LogP contribution in [0.2, 0.25) is 0 Å². The van der Waals surface area contributed by atoms with Gasteiger partial charge in [-0.2, -0.15) is 0 Å². The molecule has 1 fully saturated rings. The van der Waals surface area contributed by atoms with Crippen LogP contribution in [0.5, 0.6) is 0 Å². The molecule has 1 aliphatic carbocycles. The van der Waals surface area contributed by atoms with Crippen molar-refractivity contribution >= 4 is 16.9 Å². The molecule has 21 heavy (non-hydrogen) atoms. The number of carbonyl (C=O) groups is 1. The monoisotopic (exact) mass is 287 g/mol. The summed E-state index contributed by atoms with van der Waals surface area (Å²) in [6.07, 6.45) is 3.93. The van der Waals surface area contributed by atoms with Gasteiger partial charge < -0.3 is 9.52 Å². The van der Waals surface area contributed by atoms with Crippen LogP contribution in [0.25, 0.3) is 11.0 Å². The van der Waals surface area contributed by atoms with E-state index in [0.717, 1.165) is 30.0 Å². The van der Waals surface area contributed by atoms with Gasteiger partial charge >= 0.3 is 5.97 Å². The molecule has 4 heteroatoms. The number of carboxylic acid groups (broad SMARTS) is 1. The van der Waals surface area contributed by atoms with Crippen LogP contribution < -0.4 is 0 Å². The van der Waals surface area contributed by atoms with Gasteiger partial charge in [-0.15, -0.1) is 0 Å². The summed E-state index contributed by atoms with van der Waals surface area (Å²) >= 11 is 0. The van der Waals surface area contributed by atoms with Crippen LogP contribution in [0.15, 0.2) is 28.7 Å². The molecule has 0 spiro atoms. The molecule has 4 nitrogen and oxygen atoms in total. The third-order valence-electron chi connectivity index (χ3n) is 4.46. The van der Waals surface area contributed by atoms with Gasteiger partial charge in [0.15, 0.2) is 0 Å². The fourth-order valence-electron chi connectivity index (χ4n) is 3.00. The largest absolute Gasteiger partial charge is 0.475 e. The van der Waals surface area contributed by atoms with Crippen molar-refractivity contribution in [2.75, 3.05) is 13.1 Å². The van der Waals surface area contributed by atoms with Gasteiger partial charge in [0.25, 0.3) is 0 Å². The van der Waals surface area contributed by atoms with E-state index in [9.17, 15) is 9.90 Å². The minimum atomic E-state index is -0.985. The van der Waals surface area contributed by atoms with Crippen LogP contribution >= 0.6 is 0 Å². The predicted octanol–water partition coefficient (Wildman–Crippen LogP) is 3.75. The van der Waals surface area contributed by atoms with Crippen molar-refractivity contribution in [1.82, 2.24) is 4.90 Å². The Morgan fingerprint density at radius 2 is 2.14 bits per heavy atom. The lowest BCUT2D eigenvalue weighted by atomic mass is 9.85. The van der Waals surface area contributed by atoms with Gasteiger partial charge in [0.1, 0.15) is 5.58 Å². The third kappa shape index (κ3) is 2.81. The zero-order valence-corrected chi connectivity index (χ0v) is 12.3. The second-order valence-corrected chi connectivity index (χ2v) is 5.84. The van der Waals surface area contributed by atoms with Crippen molar-refractivity contribution in [2.24, 2.45) is 5.92 Å². The quantitative estimate of drug-likeness (QED) is 0.879. The fraction of sp³-hybridized carbons (Fsp3) is 0.471. The highest BCUT2D eigenvalue weighted by molar-refractivity contribution is 5.95. The van der Waals surface area contributed by atoms with Crippen LogP contribution in [0, 0.1) is 5.92 Å². The molecule has 0 bridgehead atoms. The Morgan fingerprint density at radius 1 is 1.38 bits per heavy atom. The molecule has 0 aliphatic heterocycles. The Kier molecular flexibility index (Phi) is 3.97. The lowest BCUT2D eigenvalue weighted by molar-refractivity contribution is 0.0661. The molecule has 112 valence electrons. The zero-order valence-electron chi connectivity index (χ0n) is 12.3. The van der Waals surface area contributed by atoms with Crippen LogP contribution in [0.4, 0.5) is 0 Å². The molecule has 1 aromatic carbocycles. The normalized spacial score (nSPS) is 15.5. The molecule has 1 saturated carbocycles. The molecular formula is C17H21NO3. The lowest BCUT2D eigenvalue weighted by Gasteiger charge is -2.31. The smallest absolute Gasteiger partial charge is 0.372 e. The second-order valence-electron chi connectivity index (χ2n) is 5.84. The number of hydrogen-bond acceptors (Lipinski definition) is 3. The average Bonchev–Trinajstić information content (AvgIpc) is 2.80. The lowest BCUT2D eigenvalue weighted by Crippen LogP contribution is -2.32. The molecule has 1 aliphatic rings. The first-order valence-corrected chi connectivity index (χ1v) is 7.65. The summed E-state index contributed by atoms with van der Waals surface area (Å²) in [6.45, 7) is 4.75. The average molecular weight is 287 g/mol. The minimum absolute atomic E-state index is 0.0864. The molecular weight excluding hydrogens is 266 g/mol. The summed E-state index contributed by atoms with van der Waals surface area (Å²) in [7, 11) is 0. The SMILES string of the molecule is CCN(Cc1c(C(=O)O)oc2ccccc12)CC1CCC1. The molecule has 3 rings (SSSR count). The maximum absolute atomic E-state index is 11.4. The molecule has 0 radical (unpaired) electrons. The highest BCUT2D eigenvalue weighted by Crippen LogP contribution is 2.30. The minimum Gasteiger partial charge on any atom is -0.475 e. The van der Waals surface area contributed by atoms with Crippen molar-refractivity contribution in [3.63, 3.8) is 0 Å². The molecule has 0 atom stereocenters. The van der Waals surface area contributed by atoms with Crippen molar-refractivity contribution in [3.8, 4) is 0 Å². The van der Waals surface area contributed by atoms with Crippen LogP contribution in [-0.2, 0) is 6.54 Å². The van der Waals surface area contributed by atoms with Crippen LogP contribution in [0.3, 0.4) is 0 Å². The summed E-state index contributed by atoms with van der Waals surface area (Å²) in [5, 5.41) is 10.3. The van der Waals surface area contributed by atoms with E-state index in [4.69, 9.17) is 4.42 Å². The molecule has 1 heterocycles. The Labute approximate surface area is 124 Å². The Morgan fingerprint density at radius 3 is 2.76 bits per heavy atom. The number of para-hydroxylation sites is 1. The summed E-state index contributed by atoms with van der Waals surface area (Å²) in [6, 6.07) is 7.56. The molecule has 0 amide bonds. The van der Waals surface area contributed by atoms with Crippen molar-refractivity contribution in [3.05, 3.63) is 35.6 Å². The Balaban J connectivity index is 1.89. The van der Waals surface area contributed by atoms with Gasteiger partial charge in [-0.3, -0.25) is 4.90 Å². The summed E-state index contributed by atoms with van der Waals surface area (Å²) in [5.41, 5.74) is 1.46. The number of nitrogens with zero attached hydrogens (tertiary/aromatic N) is 1. The molecule has 0 saturated heterocycles. The van der Waals surface area contributed by atoms with Crippen molar-refractivity contribution in [2.45, 2.75) is 32.7 Å². The number of fused-ring (bicyclic) bond motifs is 1. The van der Waals surface area contributed by atoms with Crippen molar-refractivity contribution < 1.29 is 14.3 Å². The van der Waals surface area contributed by atoms with E-state index in [1.165, 1.54) is 19.3 Å². The Bertz CT molecular complexity index is 643. The van der Waals surface area contributed by atoms with Crippen LogP contribution in [0.1, 0.15) is 42.3 Å². The summed E-state index contributed by atoms with van der Waals surface area (Å²) in [4.78, 5) is 13.8. The van der Waals surface area contributed by atoms with E-state index in [0.29, 0.717) is 12.1 Å². The number of rotatable bonds is 6. The van der Waals surface area contributed by atoms with Gasteiger partial charge in [-0.05, 0) is 31.4 Å². The zero-order chi connectivity index (χ0) is 14.8. The highest BCUT2D eigenvalue weighted by Gasteiger charge is 2.24. The molecule has 1 aromatic heterocycles. The van der Waals surface area contributed by atoms with E-state index < -0.39 is 5.97 Å². The first-order chi connectivity index (χ1) is 10.2. The summed E-state index contributed by atoms with van der Waals surface area (Å²) < 4.78 is 5.53. The second kappa shape index (κ2) is 5.90. The maximum atomic E-state index is 11.4. The topological polar surface area (TPSA) is 53.7 Å². The molecule has 0 unspecified atom stereocenters. The number of hydrogen-bond donors (Lipinski definition) is 1. The molecule has 1 N–H and O–H groups in total. The van der Waals surface area contributed by atoms with Gasteiger partial charge in [0, 0.05) is 24.0 Å². The van der Waals surface area contributed by atoms with E-state index >= 15 is 0 Å². The number of furan rings is 1. The van der Waals surface area contributed by atoms with Crippen LogP contribution in [-0.4, -0.2) is 29.1 Å². The maximum Gasteiger partial charge on any atom is 0.372 e. The van der Waals surface area contributed by atoms with Gasteiger partial charge in [0.05, 0.1) is 0 Å². The van der Waals surface area contributed by atoms with Crippen molar-refractivity contribution in [1.29, 1.82) is 0 Å². The van der Waals surface area contributed by atoms with E-state index in [1.54, 1.807) is 0 Å². The van der Waals surface area contributed by atoms with E-state index in [1.807, 2.05) is 24.3 Å². The van der Waals surface area contributed by atoms with E-state index in [-0.39, 0.29) is 5.76 Å². The number of carboxylic acids is 1. The highest BCUT2D eigenvalue weighted by atomic mass is 16.4. The van der Waals surface area contributed by atoms with Gasteiger partial charge in [-0.1, -0.05) is 31.5 Å². The van der Waals surface area contributed by atoms with Gasteiger partial charge in [-0.25, -0.2) is 4.79 Å². The number of benzene rings is 1.